The molecular formula is C14H16N2O3. The van der Waals surface area contributed by atoms with Gasteiger partial charge in [0.2, 0.25) is 0 Å². The van der Waals surface area contributed by atoms with E-state index >= 15 is 0 Å². The van der Waals surface area contributed by atoms with Crippen molar-refractivity contribution in [2.75, 3.05) is 14.2 Å². The second-order valence-electron chi connectivity index (χ2n) is 4.05. The zero-order valence-electron chi connectivity index (χ0n) is 11.4. The summed E-state index contributed by atoms with van der Waals surface area (Å²) in [5, 5.41) is 3.86. The Bertz CT molecular complexity index is 583. The third-order valence-electron chi connectivity index (χ3n) is 2.75. The number of aliphatic imine (C=N–C) groups is 1. The maximum atomic E-state index is 5.24. The zero-order chi connectivity index (χ0) is 13.8. The number of aromatic nitrogens is 1. The van der Waals surface area contributed by atoms with Gasteiger partial charge in [-0.3, -0.25) is 4.99 Å². The first-order valence-corrected chi connectivity index (χ1v) is 5.84. The Hall–Kier alpha value is -2.30. The van der Waals surface area contributed by atoms with Crippen LogP contribution in [-0.4, -0.2) is 25.6 Å². The Morgan fingerprint density at radius 2 is 1.89 bits per heavy atom. The van der Waals surface area contributed by atoms with Crippen LogP contribution in [0.15, 0.2) is 27.7 Å². The summed E-state index contributed by atoms with van der Waals surface area (Å²) in [7, 11) is 3.21. The average molecular weight is 260 g/mol. The van der Waals surface area contributed by atoms with Gasteiger partial charge in [0.05, 0.1) is 14.2 Å². The fourth-order valence-corrected chi connectivity index (χ4v) is 1.73. The van der Waals surface area contributed by atoms with Crippen molar-refractivity contribution in [3.8, 4) is 11.5 Å². The lowest BCUT2D eigenvalue weighted by molar-refractivity contribution is 0.355. The van der Waals surface area contributed by atoms with E-state index in [-0.39, 0.29) is 0 Å². The molecule has 0 saturated heterocycles. The molecule has 0 aliphatic heterocycles. The van der Waals surface area contributed by atoms with E-state index in [4.69, 9.17) is 14.0 Å². The van der Waals surface area contributed by atoms with E-state index in [2.05, 4.69) is 10.1 Å². The highest BCUT2D eigenvalue weighted by Gasteiger charge is 2.07. The predicted octanol–water partition coefficient (Wildman–Crippen LogP) is 3.06. The molecule has 5 nitrogen and oxygen atoms in total. The molecule has 5 heteroatoms. The van der Waals surface area contributed by atoms with Gasteiger partial charge in [0.15, 0.2) is 17.3 Å². The Labute approximate surface area is 111 Å². The van der Waals surface area contributed by atoms with Gasteiger partial charge in [-0.1, -0.05) is 5.16 Å². The van der Waals surface area contributed by atoms with Crippen LogP contribution in [0.1, 0.15) is 17.0 Å². The van der Waals surface area contributed by atoms with Gasteiger partial charge >= 0.3 is 0 Å². The first kappa shape index (κ1) is 13.1. The van der Waals surface area contributed by atoms with Crippen LogP contribution in [0.5, 0.6) is 11.5 Å². The molecular weight excluding hydrogens is 244 g/mol. The number of hydrogen-bond donors (Lipinski definition) is 0. The highest BCUT2D eigenvalue weighted by molar-refractivity contribution is 5.83. The molecule has 0 amide bonds. The third-order valence-corrected chi connectivity index (χ3v) is 2.75. The van der Waals surface area contributed by atoms with Crippen molar-refractivity contribution in [2.24, 2.45) is 4.99 Å². The van der Waals surface area contributed by atoms with Crippen LogP contribution >= 0.6 is 0 Å². The van der Waals surface area contributed by atoms with Gasteiger partial charge in [-0.15, -0.1) is 0 Å². The Balaban J connectivity index is 2.29. The summed E-state index contributed by atoms with van der Waals surface area (Å²) in [4.78, 5) is 4.39. The molecule has 0 N–H and O–H groups in total. The van der Waals surface area contributed by atoms with Crippen LogP contribution < -0.4 is 9.47 Å². The first-order chi connectivity index (χ1) is 9.15. The van der Waals surface area contributed by atoms with E-state index in [1.807, 2.05) is 32.0 Å². The number of ether oxygens (including phenoxy) is 2. The van der Waals surface area contributed by atoms with E-state index in [1.54, 1.807) is 20.4 Å². The standard InChI is InChI=1S/C14H16N2O3/c1-9-14(10(2)19-16-9)15-8-11-5-6-12(17-3)13(7-11)18-4/h5-8H,1-4H3. The van der Waals surface area contributed by atoms with Gasteiger partial charge in [-0.2, -0.15) is 0 Å². The van der Waals surface area contributed by atoms with E-state index in [0.29, 0.717) is 17.3 Å². The topological polar surface area (TPSA) is 56.9 Å². The minimum absolute atomic E-state index is 0.671. The fourth-order valence-electron chi connectivity index (χ4n) is 1.73. The normalized spacial score (nSPS) is 10.9. The van der Waals surface area contributed by atoms with Gasteiger partial charge in [0.25, 0.3) is 0 Å². The van der Waals surface area contributed by atoms with Gasteiger partial charge in [0, 0.05) is 6.21 Å². The lowest BCUT2D eigenvalue weighted by atomic mass is 10.2. The molecule has 100 valence electrons. The van der Waals surface area contributed by atoms with Crippen LogP contribution in [0.25, 0.3) is 0 Å². The lowest BCUT2D eigenvalue weighted by Crippen LogP contribution is -1.92. The van der Waals surface area contributed by atoms with Crippen molar-refractivity contribution in [3.63, 3.8) is 0 Å². The van der Waals surface area contributed by atoms with Crippen LogP contribution in [0.2, 0.25) is 0 Å². The van der Waals surface area contributed by atoms with Crippen molar-refractivity contribution in [2.45, 2.75) is 13.8 Å². The highest BCUT2D eigenvalue weighted by atomic mass is 16.5. The van der Waals surface area contributed by atoms with E-state index in [1.165, 1.54) is 0 Å². The molecule has 0 fully saturated rings. The predicted molar refractivity (Wildman–Crippen MR) is 72.8 cm³/mol. The van der Waals surface area contributed by atoms with Gasteiger partial charge in [0.1, 0.15) is 11.4 Å². The zero-order valence-corrected chi connectivity index (χ0v) is 11.4. The minimum atomic E-state index is 0.671. The summed E-state index contributed by atoms with van der Waals surface area (Å²) in [5.74, 6) is 2.07. The second kappa shape index (κ2) is 5.56. The summed E-state index contributed by atoms with van der Waals surface area (Å²) < 4.78 is 15.5. The van der Waals surface area contributed by atoms with Crippen molar-refractivity contribution in [1.29, 1.82) is 0 Å². The van der Waals surface area contributed by atoms with Crippen LogP contribution in [0.4, 0.5) is 5.69 Å². The SMILES string of the molecule is COc1ccc(C=Nc2c(C)noc2C)cc1OC. The second-order valence-corrected chi connectivity index (χ2v) is 4.05. The molecule has 0 saturated carbocycles. The minimum Gasteiger partial charge on any atom is -0.493 e. The highest BCUT2D eigenvalue weighted by Crippen LogP contribution is 2.27. The smallest absolute Gasteiger partial charge is 0.161 e. The van der Waals surface area contributed by atoms with E-state index in [0.717, 1.165) is 16.9 Å². The molecule has 0 aliphatic rings. The largest absolute Gasteiger partial charge is 0.493 e. The van der Waals surface area contributed by atoms with Crippen LogP contribution in [0.3, 0.4) is 0 Å². The number of rotatable bonds is 4. The number of hydrogen-bond acceptors (Lipinski definition) is 5. The van der Waals surface area contributed by atoms with Gasteiger partial charge in [-0.05, 0) is 37.6 Å². The monoisotopic (exact) mass is 260 g/mol. The van der Waals surface area contributed by atoms with Gasteiger partial charge in [-0.25, -0.2) is 0 Å². The Morgan fingerprint density at radius 3 is 2.47 bits per heavy atom. The van der Waals surface area contributed by atoms with Crippen molar-refractivity contribution in [3.05, 3.63) is 35.2 Å². The molecule has 19 heavy (non-hydrogen) atoms. The average Bonchev–Trinajstić information content (AvgIpc) is 2.75. The summed E-state index contributed by atoms with van der Waals surface area (Å²) in [6, 6.07) is 5.61. The quantitative estimate of drug-likeness (QED) is 0.793. The van der Waals surface area contributed by atoms with E-state index in [9.17, 15) is 0 Å². The molecule has 0 radical (unpaired) electrons. The molecule has 0 atom stereocenters. The third kappa shape index (κ3) is 2.76. The number of nitrogens with zero attached hydrogens (tertiary/aromatic N) is 2. The van der Waals surface area contributed by atoms with Crippen molar-refractivity contribution < 1.29 is 14.0 Å². The summed E-state index contributed by atoms with van der Waals surface area (Å²) in [6.07, 6.45) is 1.74. The first-order valence-electron chi connectivity index (χ1n) is 5.84. The molecule has 1 heterocycles. The summed E-state index contributed by atoms with van der Waals surface area (Å²) in [6.45, 7) is 3.69. The number of methoxy groups -OCH3 is 2. The van der Waals surface area contributed by atoms with Crippen LogP contribution in [0, 0.1) is 13.8 Å². The number of benzene rings is 1. The molecule has 2 aromatic rings. The molecule has 1 aromatic heterocycles. The summed E-state index contributed by atoms with van der Waals surface area (Å²) in [5.41, 5.74) is 2.45. The maximum Gasteiger partial charge on any atom is 0.161 e. The van der Waals surface area contributed by atoms with Crippen molar-refractivity contribution in [1.82, 2.24) is 5.16 Å². The maximum absolute atomic E-state index is 5.24. The molecule has 0 unspecified atom stereocenters. The van der Waals surface area contributed by atoms with Crippen LogP contribution in [-0.2, 0) is 0 Å². The van der Waals surface area contributed by atoms with Crippen molar-refractivity contribution >= 4 is 11.9 Å². The molecule has 0 aliphatic carbocycles. The lowest BCUT2D eigenvalue weighted by Gasteiger charge is -2.07. The Morgan fingerprint density at radius 1 is 1.16 bits per heavy atom. The van der Waals surface area contributed by atoms with E-state index < -0.39 is 0 Å². The molecule has 1 aromatic carbocycles. The van der Waals surface area contributed by atoms with Gasteiger partial charge < -0.3 is 14.0 Å². The summed E-state index contributed by atoms with van der Waals surface area (Å²) >= 11 is 0. The molecule has 2 rings (SSSR count). The Kier molecular flexibility index (Phi) is 3.85. The fraction of sp³-hybridized carbons (Fsp3) is 0.286. The molecule has 0 spiro atoms. The number of aryl methyl sites for hydroxylation is 2. The molecule has 0 bridgehead atoms.